The lowest BCUT2D eigenvalue weighted by Gasteiger charge is -2.06. The minimum absolute atomic E-state index is 0.122. The highest BCUT2D eigenvalue weighted by atomic mass is 32.1. The molecule has 0 unspecified atom stereocenters. The average Bonchev–Trinajstić information content (AvgIpc) is 2.67. The third-order valence-electron chi connectivity index (χ3n) is 2.32. The van der Waals surface area contributed by atoms with Gasteiger partial charge in [0.2, 0.25) is 5.78 Å². The monoisotopic (exact) mass is 235 g/mol. The number of benzene rings is 1. The number of aromatic nitrogens is 1. The van der Waals surface area contributed by atoms with Crippen molar-refractivity contribution in [2.45, 2.75) is 13.8 Å². The normalized spacial score (nSPS) is 10.4. The molecule has 0 saturated heterocycles. The number of carbonyl (C=O) groups excluding carboxylic acids is 1. The minimum Gasteiger partial charge on any atom is -0.287 e. The molecule has 0 aliphatic rings. The highest BCUT2D eigenvalue weighted by Gasteiger charge is 2.18. The van der Waals surface area contributed by atoms with Gasteiger partial charge in [0.05, 0.1) is 11.1 Å². The van der Waals surface area contributed by atoms with Gasteiger partial charge in [-0.1, -0.05) is 6.07 Å². The van der Waals surface area contributed by atoms with E-state index in [9.17, 15) is 9.18 Å². The number of hydrogen-bond donors (Lipinski definition) is 0. The lowest BCUT2D eigenvalue weighted by molar-refractivity contribution is 0.103. The van der Waals surface area contributed by atoms with E-state index >= 15 is 0 Å². The molecule has 0 bridgehead atoms. The first-order chi connectivity index (χ1) is 7.59. The van der Waals surface area contributed by atoms with Gasteiger partial charge in [0.25, 0.3) is 0 Å². The van der Waals surface area contributed by atoms with Crippen LogP contribution in [0.5, 0.6) is 0 Å². The fraction of sp³-hybridized carbons (Fsp3) is 0.167. The zero-order chi connectivity index (χ0) is 11.7. The van der Waals surface area contributed by atoms with Crippen molar-refractivity contribution in [3.63, 3.8) is 0 Å². The summed E-state index contributed by atoms with van der Waals surface area (Å²) in [5, 5.41) is 1.63. The fourth-order valence-electron chi connectivity index (χ4n) is 1.66. The van der Waals surface area contributed by atoms with E-state index in [1.165, 1.54) is 17.4 Å². The number of halogens is 1. The van der Waals surface area contributed by atoms with E-state index in [0.717, 1.165) is 5.56 Å². The Balaban J connectivity index is 2.53. The molecule has 2 nitrogen and oxygen atoms in total. The molecule has 0 radical (unpaired) electrons. The van der Waals surface area contributed by atoms with Gasteiger partial charge in [0, 0.05) is 5.38 Å². The van der Waals surface area contributed by atoms with E-state index in [0.29, 0.717) is 11.3 Å². The summed E-state index contributed by atoms with van der Waals surface area (Å²) in [6.07, 6.45) is 0. The molecule has 0 spiro atoms. The first-order valence-corrected chi connectivity index (χ1v) is 5.73. The zero-order valence-corrected chi connectivity index (χ0v) is 9.77. The largest absolute Gasteiger partial charge is 0.287 e. The lowest BCUT2D eigenvalue weighted by atomic mass is 10.00. The van der Waals surface area contributed by atoms with Crippen molar-refractivity contribution in [2.24, 2.45) is 0 Å². The van der Waals surface area contributed by atoms with E-state index in [1.54, 1.807) is 30.8 Å². The van der Waals surface area contributed by atoms with E-state index in [2.05, 4.69) is 4.98 Å². The summed E-state index contributed by atoms with van der Waals surface area (Å²) in [5.74, 6) is -0.827. The van der Waals surface area contributed by atoms with Gasteiger partial charge in [0.15, 0.2) is 0 Å². The van der Waals surface area contributed by atoms with Crippen molar-refractivity contribution in [1.82, 2.24) is 4.98 Å². The van der Waals surface area contributed by atoms with Crippen LogP contribution in [-0.2, 0) is 0 Å². The Hall–Kier alpha value is -1.55. The third-order valence-corrected chi connectivity index (χ3v) is 2.91. The van der Waals surface area contributed by atoms with Crippen LogP contribution in [0.25, 0.3) is 0 Å². The molecule has 1 heterocycles. The minimum atomic E-state index is -0.476. The molecule has 0 N–H and O–H groups in total. The molecule has 16 heavy (non-hydrogen) atoms. The van der Waals surface area contributed by atoms with Crippen LogP contribution >= 0.6 is 11.3 Å². The molecule has 2 rings (SSSR count). The number of thiazole rings is 1. The standard InChI is InChI=1S/C12H10FNOS/c1-7-3-8(2)11(9(13)4-7)12(15)10-5-16-6-14-10/h3-6H,1-2H3. The van der Waals surface area contributed by atoms with Crippen LogP contribution in [0.3, 0.4) is 0 Å². The molecule has 82 valence electrons. The maximum absolute atomic E-state index is 13.7. The number of nitrogens with zero attached hydrogens (tertiary/aromatic N) is 1. The van der Waals surface area contributed by atoms with Crippen molar-refractivity contribution < 1.29 is 9.18 Å². The van der Waals surface area contributed by atoms with E-state index in [1.807, 2.05) is 0 Å². The van der Waals surface area contributed by atoms with E-state index in [4.69, 9.17) is 0 Å². The summed E-state index contributed by atoms with van der Waals surface area (Å²) in [5.41, 5.74) is 3.45. The van der Waals surface area contributed by atoms with Crippen LogP contribution in [0.4, 0.5) is 4.39 Å². The molecule has 2 aromatic rings. The molecule has 0 aliphatic carbocycles. The Labute approximate surface area is 96.8 Å². The van der Waals surface area contributed by atoms with Gasteiger partial charge < -0.3 is 0 Å². The van der Waals surface area contributed by atoms with Crippen LogP contribution in [-0.4, -0.2) is 10.8 Å². The molecule has 0 fully saturated rings. The van der Waals surface area contributed by atoms with Gasteiger partial charge in [-0.05, 0) is 31.0 Å². The van der Waals surface area contributed by atoms with Crippen molar-refractivity contribution in [1.29, 1.82) is 0 Å². The molecular formula is C12H10FNOS. The third kappa shape index (κ3) is 1.88. The number of hydrogen-bond acceptors (Lipinski definition) is 3. The molecule has 0 amide bonds. The Kier molecular flexibility index (Phi) is 2.83. The SMILES string of the molecule is Cc1cc(C)c(C(=O)c2cscn2)c(F)c1. The van der Waals surface area contributed by atoms with Gasteiger partial charge in [-0.25, -0.2) is 9.37 Å². The molecule has 1 aromatic carbocycles. The smallest absolute Gasteiger partial charge is 0.215 e. The molecule has 0 aliphatic heterocycles. The number of aryl methyl sites for hydroxylation is 2. The summed E-state index contributed by atoms with van der Waals surface area (Å²) in [6, 6.07) is 3.16. The highest BCUT2D eigenvalue weighted by Crippen LogP contribution is 2.19. The van der Waals surface area contributed by atoms with E-state index < -0.39 is 5.82 Å². The maximum atomic E-state index is 13.7. The molecule has 1 aromatic heterocycles. The molecular weight excluding hydrogens is 225 g/mol. The van der Waals surface area contributed by atoms with Crippen LogP contribution in [0.15, 0.2) is 23.0 Å². The van der Waals surface area contributed by atoms with Crippen LogP contribution < -0.4 is 0 Å². The summed E-state index contributed by atoms with van der Waals surface area (Å²) in [6.45, 7) is 3.53. The maximum Gasteiger partial charge on any atom is 0.215 e. The quantitative estimate of drug-likeness (QED) is 0.748. The second-order valence-electron chi connectivity index (χ2n) is 3.64. The first kappa shape index (κ1) is 11.0. The van der Waals surface area contributed by atoms with Gasteiger partial charge in [-0.15, -0.1) is 11.3 Å². The van der Waals surface area contributed by atoms with E-state index in [-0.39, 0.29) is 11.3 Å². The Bertz CT molecular complexity index is 511. The van der Waals surface area contributed by atoms with Crippen LogP contribution in [0, 0.1) is 19.7 Å². The highest BCUT2D eigenvalue weighted by molar-refractivity contribution is 7.07. The fourth-order valence-corrected chi connectivity index (χ4v) is 2.19. The predicted octanol–water partition coefficient (Wildman–Crippen LogP) is 3.13. The van der Waals surface area contributed by atoms with Gasteiger partial charge in [-0.3, -0.25) is 4.79 Å². The molecule has 4 heteroatoms. The van der Waals surface area contributed by atoms with Gasteiger partial charge in [-0.2, -0.15) is 0 Å². The summed E-state index contributed by atoms with van der Waals surface area (Å²) >= 11 is 1.32. The predicted molar refractivity (Wildman–Crippen MR) is 61.4 cm³/mol. The van der Waals surface area contributed by atoms with Crippen molar-refractivity contribution in [2.75, 3.05) is 0 Å². The summed E-state index contributed by atoms with van der Waals surface area (Å²) in [7, 11) is 0. The Morgan fingerprint density at radius 2 is 2.12 bits per heavy atom. The van der Waals surface area contributed by atoms with Crippen molar-refractivity contribution >= 4 is 17.1 Å². The Morgan fingerprint density at radius 3 is 2.69 bits per heavy atom. The lowest BCUT2D eigenvalue weighted by Crippen LogP contribution is -2.07. The number of rotatable bonds is 2. The van der Waals surface area contributed by atoms with Crippen LogP contribution in [0.2, 0.25) is 0 Å². The Morgan fingerprint density at radius 1 is 1.38 bits per heavy atom. The summed E-state index contributed by atoms with van der Waals surface area (Å²) < 4.78 is 13.7. The second-order valence-corrected chi connectivity index (χ2v) is 4.36. The van der Waals surface area contributed by atoms with Gasteiger partial charge >= 0.3 is 0 Å². The average molecular weight is 235 g/mol. The van der Waals surface area contributed by atoms with Crippen molar-refractivity contribution in [3.05, 3.63) is 51.2 Å². The topological polar surface area (TPSA) is 30.0 Å². The van der Waals surface area contributed by atoms with Gasteiger partial charge in [0.1, 0.15) is 11.5 Å². The molecule has 0 saturated carbocycles. The second kappa shape index (κ2) is 4.14. The summed E-state index contributed by atoms with van der Waals surface area (Å²) in [4.78, 5) is 15.9. The number of ketones is 1. The number of carbonyl (C=O) groups is 1. The van der Waals surface area contributed by atoms with Crippen LogP contribution in [0.1, 0.15) is 27.2 Å². The van der Waals surface area contributed by atoms with Crippen molar-refractivity contribution in [3.8, 4) is 0 Å². The first-order valence-electron chi connectivity index (χ1n) is 4.79. The zero-order valence-electron chi connectivity index (χ0n) is 8.95. The molecule has 0 atom stereocenters.